The predicted octanol–water partition coefficient (Wildman–Crippen LogP) is 2.07. The molecule has 19 heavy (non-hydrogen) atoms. The molecule has 1 heterocycles. The number of nitrogens with one attached hydrogen (secondary N) is 1. The van der Waals surface area contributed by atoms with Gasteiger partial charge in [0.15, 0.2) is 0 Å². The van der Waals surface area contributed by atoms with Crippen LogP contribution in [0.1, 0.15) is 45.4 Å². The van der Waals surface area contributed by atoms with E-state index < -0.39 is 5.97 Å². The number of rotatable bonds is 3. The van der Waals surface area contributed by atoms with Crippen LogP contribution in [0, 0.1) is 11.8 Å². The van der Waals surface area contributed by atoms with Gasteiger partial charge in [0.05, 0.1) is 6.42 Å². The van der Waals surface area contributed by atoms with Gasteiger partial charge in [-0.2, -0.15) is 0 Å². The molecule has 2 N–H and O–H groups in total. The van der Waals surface area contributed by atoms with Gasteiger partial charge in [-0.05, 0) is 18.8 Å². The number of likely N-dealkylation sites (tertiary alicyclic amines) is 1. The van der Waals surface area contributed by atoms with E-state index in [1.807, 2.05) is 0 Å². The van der Waals surface area contributed by atoms with Crippen LogP contribution in [0.25, 0.3) is 0 Å². The minimum absolute atomic E-state index is 0.0135. The Balaban J connectivity index is 1.74. The number of carbonyl (C=O) groups is 2. The fourth-order valence-corrected chi connectivity index (χ4v) is 3.07. The van der Waals surface area contributed by atoms with Gasteiger partial charge in [0.1, 0.15) is 0 Å². The van der Waals surface area contributed by atoms with Gasteiger partial charge in [-0.1, -0.05) is 26.2 Å². The molecule has 1 aliphatic heterocycles. The highest BCUT2D eigenvalue weighted by molar-refractivity contribution is 5.76. The van der Waals surface area contributed by atoms with E-state index in [9.17, 15) is 9.59 Å². The fourth-order valence-electron chi connectivity index (χ4n) is 3.07. The molecule has 2 amide bonds. The van der Waals surface area contributed by atoms with E-state index in [1.54, 1.807) is 4.90 Å². The number of nitrogens with zero attached hydrogens (tertiary/aromatic N) is 1. The maximum atomic E-state index is 12.1. The monoisotopic (exact) mass is 268 g/mol. The van der Waals surface area contributed by atoms with E-state index in [-0.39, 0.29) is 24.4 Å². The summed E-state index contributed by atoms with van der Waals surface area (Å²) in [5.41, 5.74) is 0. The summed E-state index contributed by atoms with van der Waals surface area (Å²) in [5.74, 6) is -0.0974. The number of carboxylic acid groups (broad SMARTS) is 1. The third-order valence-corrected chi connectivity index (χ3v) is 4.38. The Hall–Kier alpha value is -1.26. The van der Waals surface area contributed by atoms with Crippen LogP contribution in [0.2, 0.25) is 0 Å². The van der Waals surface area contributed by atoms with E-state index in [0.717, 1.165) is 6.42 Å². The van der Waals surface area contributed by atoms with E-state index in [2.05, 4.69) is 12.2 Å². The normalized spacial score (nSPS) is 28.4. The summed E-state index contributed by atoms with van der Waals surface area (Å²) in [6.45, 7) is 3.37. The van der Waals surface area contributed by atoms with Crippen molar-refractivity contribution in [1.82, 2.24) is 10.2 Å². The molecular formula is C14H24N2O3. The van der Waals surface area contributed by atoms with Crippen LogP contribution in [0.4, 0.5) is 4.79 Å². The summed E-state index contributed by atoms with van der Waals surface area (Å²) in [7, 11) is 0. The molecule has 0 aromatic heterocycles. The summed E-state index contributed by atoms with van der Waals surface area (Å²) in [6.07, 6.45) is 6.14. The summed E-state index contributed by atoms with van der Waals surface area (Å²) in [5, 5.41) is 11.8. The Bertz CT molecular complexity index is 340. The molecule has 2 fully saturated rings. The quantitative estimate of drug-likeness (QED) is 0.770. The van der Waals surface area contributed by atoms with Crippen molar-refractivity contribution >= 4 is 12.0 Å². The molecule has 0 bridgehead atoms. The van der Waals surface area contributed by atoms with Crippen molar-refractivity contribution in [2.75, 3.05) is 13.1 Å². The van der Waals surface area contributed by atoms with E-state index >= 15 is 0 Å². The minimum atomic E-state index is -0.776. The summed E-state index contributed by atoms with van der Waals surface area (Å²) in [6, 6.07) is 0.272. The highest BCUT2D eigenvalue weighted by Gasteiger charge is 2.33. The number of aliphatic carboxylic acids is 1. The van der Waals surface area contributed by atoms with Crippen LogP contribution < -0.4 is 5.32 Å². The standard InChI is InChI=1S/C14H24N2O3/c1-10-5-3-2-4-6-12(10)15-14(19)16-8-11(9-16)7-13(17)18/h10-12H,2-9H2,1H3,(H,15,19)(H,17,18). The molecule has 1 aliphatic carbocycles. The van der Waals surface area contributed by atoms with Crippen molar-refractivity contribution in [3.8, 4) is 0 Å². The van der Waals surface area contributed by atoms with Crippen LogP contribution in [0.5, 0.6) is 0 Å². The van der Waals surface area contributed by atoms with Crippen LogP contribution >= 0.6 is 0 Å². The van der Waals surface area contributed by atoms with Gasteiger partial charge in [0, 0.05) is 25.0 Å². The van der Waals surface area contributed by atoms with E-state index in [0.29, 0.717) is 19.0 Å². The summed E-state index contributed by atoms with van der Waals surface area (Å²) < 4.78 is 0. The largest absolute Gasteiger partial charge is 0.481 e. The number of hydrogen-bond donors (Lipinski definition) is 2. The van der Waals surface area contributed by atoms with Crippen molar-refractivity contribution in [2.24, 2.45) is 11.8 Å². The first-order chi connectivity index (χ1) is 9.06. The maximum absolute atomic E-state index is 12.1. The maximum Gasteiger partial charge on any atom is 0.317 e. The minimum Gasteiger partial charge on any atom is -0.481 e. The molecular weight excluding hydrogens is 244 g/mol. The van der Waals surface area contributed by atoms with Gasteiger partial charge in [-0.3, -0.25) is 4.79 Å². The Kier molecular flexibility index (Phi) is 4.66. The van der Waals surface area contributed by atoms with Gasteiger partial charge in [0.25, 0.3) is 0 Å². The molecule has 5 nitrogen and oxygen atoms in total. The smallest absolute Gasteiger partial charge is 0.317 e. The zero-order chi connectivity index (χ0) is 13.8. The third kappa shape index (κ3) is 3.85. The lowest BCUT2D eigenvalue weighted by Gasteiger charge is -2.39. The van der Waals surface area contributed by atoms with Gasteiger partial charge < -0.3 is 15.3 Å². The molecule has 1 saturated heterocycles. The average molecular weight is 268 g/mol. The lowest BCUT2D eigenvalue weighted by Crippen LogP contribution is -2.56. The lowest BCUT2D eigenvalue weighted by atomic mass is 9.95. The molecule has 0 aromatic rings. The van der Waals surface area contributed by atoms with Gasteiger partial charge >= 0.3 is 12.0 Å². The molecule has 0 aromatic carbocycles. The molecule has 5 heteroatoms. The molecule has 2 aliphatic rings. The average Bonchev–Trinajstić information content (AvgIpc) is 2.48. The van der Waals surface area contributed by atoms with Crippen molar-refractivity contribution in [3.63, 3.8) is 0 Å². The number of hydrogen-bond acceptors (Lipinski definition) is 2. The molecule has 2 rings (SSSR count). The van der Waals surface area contributed by atoms with Gasteiger partial charge in [-0.15, -0.1) is 0 Å². The highest BCUT2D eigenvalue weighted by atomic mass is 16.4. The number of amides is 2. The first-order valence-electron chi connectivity index (χ1n) is 7.33. The van der Waals surface area contributed by atoms with Gasteiger partial charge in [-0.25, -0.2) is 4.79 Å². The van der Waals surface area contributed by atoms with Crippen molar-refractivity contribution in [2.45, 2.75) is 51.5 Å². The molecule has 108 valence electrons. The number of carbonyl (C=O) groups excluding carboxylic acids is 1. The second-order valence-corrected chi connectivity index (χ2v) is 6.04. The highest BCUT2D eigenvalue weighted by Crippen LogP contribution is 2.24. The zero-order valence-corrected chi connectivity index (χ0v) is 11.6. The zero-order valence-electron chi connectivity index (χ0n) is 11.6. The Morgan fingerprint density at radius 1 is 1.21 bits per heavy atom. The second kappa shape index (κ2) is 6.26. The first-order valence-corrected chi connectivity index (χ1v) is 7.33. The predicted molar refractivity (Wildman–Crippen MR) is 71.9 cm³/mol. The second-order valence-electron chi connectivity index (χ2n) is 6.04. The lowest BCUT2D eigenvalue weighted by molar-refractivity contribution is -0.139. The van der Waals surface area contributed by atoms with Crippen molar-refractivity contribution < 1.29 is 14.7 Å². The third-order valence-electron chi connectivity index (χ3n) is 4.38. The fraction of sp³-hybridized carbons (Fsp3) is 0.857. The molecule has 2 atom stereocenters. The van der Waals surface area contributed by atoms with Crippen LogP contribution in [-0.2, 0) is 4.79 Å². The topological polar surface area (TPSA) is 69.6 Å². The van der Waals surface area contributed by atoms with Crippen molar-refractivity contribution in [1.29, 1.82) is 0 Å². The van der Waals surface area contributed by atoms with Crippen LogP contribution in [0.15, 0.2) is 0 Å². The van der Waals surface area contributed by atoms with Crippen molar-refractivity contribution in [3.05, 3.63) is 0 Å². The van der Waals surface area contributed by atoms with E-state index in [4.69, 9.17) is 5.11 Å². The molecule has 1 saturated carbocycles. The Morgan fingerprint density at radius 3 is 2.58 bits per heavy atom. The molecule has 2 unspecified atom stereocenters. The summed E-state index contributed by atoms with van der Waals surface area (Å²) >= 11 is 0. The first kappa shape index (κ1) is 14.2. The molecule has 0 spiro atoms. The van der Waals surface area contributed by atoms with E-state index in [1.165, 1.54) is 25.7 Å². The number of urea groups is 1. The summed E-state index contributed by atoms with van der Waals surface area (Å²) in [4.78, 5) is 24.3. The Labute approximate surface area is 114 Å². The van der Waals surface area contributed by atoms with Crippen LogP contribution in [0.3, 0.4) is 0 Å². The number of carboxylic acids is 1. The van der Waals surface area contributed by atoms with Crippen LogP contribution in [-0.4, -0.2) is 41.1 Å². The molecule has 0 radical (unpaired) electrons. The SMILES string of the molecule is CC1CCCCCC1NC(=O)N1CC(CC(=O)O)C1. The Morgan fingerprint density at radius 2 is 1.89 bits per heavy atom. The van der Waals surface area contributed by atoms with Gasteiger partial charge in [0.2, 0.25) is 0 Å².